The molecule has 1 nitrogen and oxygen atoms in total. The molecule has 0 amide bonds. The number of halogens is 1. The first-order valence-electron chi connectivity index (χ1n) is 6.55. The summed E-state index contributed by atoms with van der Waals surface area (Å²) < 4.78 is 1.05. The van der Waals surface area contributed by atoms with Crippen molar-refractivity contribution in [3.63, 3.8) is 0 Å². The summed E-state index contributed by atoms with van der Waals surface area (Å²) in [5.41, 5.74) is 0.909. The standard InChI is InChI=1S/C15H15BrO/c16-11-5-3-8(4-6-11)15(17)14-12-9-1-2-10(7-9)13(12)14/h3-6,9-10,12-14H,1-2,7H2. The Morgan fingerprint density at radius 3 is 2.24 bits per heavy atom. The number of carbonyl (C=O) groups is 1. The quantitative estimate of drug-likeness (QED) is 0.755. The number of hydrogen-bond acceptors (Lipinski definition) is 1. The van der Waals surface area contributed by atoms with Gasteiger partial charge in [0.15, 0.2) is 5.78 Å². The number of hydrogen-bond donors (Lipinski definition) is 0. The van der Waals surface area contributed by atoms with Crippen LogP contribution in [0.1, 0.15) is 29.6 Å². The van der Waals surface area contributed by atoms with Crippen molar-refractivity contribution in [1.82, 2.24) is 0 Å². The largest absolute Gasteiger partial charge is 0.294 e. The Kier molecular flexibility index (Phi) is 2.09. The van der Waals surface area contributed by atoms with E-state index in [0.717, 1.165) is 33.7 Å². The number of rotatable bonds is 2. The van der Waals surface area contributed by atoms with E-state index < -0.39 is 0 Å². The third-order valence-electron chi connectivity index (χ3n) is 5.17. The monoisotopic (exact) mass is 290 g/mol. The highest BCUT2D eigenvalue weighted by Gasteiger charge is 2.67. The predicted octanol–water partition coefficient (Wildman–Crippen LogP) is 3.92. The molecule has 0 radical (unpaired) electrons. The van der Waals surface area contributed by atoms with Gasteiger partial charge in [0, 0.05) is 16.0 Å². The molecule has 0 spiro atoms. The molecule has 2 heteroatoms. The number of benzene rings is 1. The maximum absolute atomic E-state index is 12.4. The van der Waals surface area contributed by atoms with E-state index in [1.807, 2.05) is 24.3 Å². The van der Waals surface area contributed by atoms with Crippen LogP contribution in [0.25, 0.3) is 0 Å². The minimum atomic E-state index is 0.377. The molecular weight excluding hydrogens is 276 g/mol. The lowest BCUT2D eigenvalue weighted by Crippen LogP contribution is -2.09. The van der Waals surface area contributed by atoms with Gasteiger partial charge in [-0.2, -0.15) is 0 Å². The van der Waals surface area contributed by atoms with Gasteiger partial charge in [0.1, 0.15) is 0 Å². The Balaban J connectivity index is 1.58. The average Bonchev–Trinajstić information content (AvgIpc) is 2.77. The molecule has 0 heterocycles. The molecule has 4 unspecified atom stereocenters. The van der Waals surface area contributed by atoms with Crippen LogP contribution in [0.5, 0.6) is 0 Å². The molecule has 0 saturated heterocycles. The number of ketones is 1. The van der Waals surface area contributed by atoms with Crippen LogP contribution >= 0.6 is 15.9 Å². The minimum Gasteiger partial charge on any atom is -0.294 e. The molecule has 0 aromatic heterocycles. The number of fused-ring (bicyclic) bond motifs is 5. The van der Waals surface area contributed by atoms with Gasteiger partial charge in [-0.25, -0.2) is 0 Å². The summed E-state index contributed by atoms with van der Waals surface area (Å²) in [6, 6.07) is 7.87. The van der Waals surface area contributed by atoms with Crippen molar-refractivity contribution in [2.45, 2.75) is 19.3 Å². The van der Waals surface area contributed by atoms with E-state index in [0.29, 0.717) is 11.7 Å². The fraction of sp³-hybridized carbons (Fsp3) is 0.533. The molecule has 3 fully saturated rings. The Bertz CT molecular complexity index is 462. The third kappa shape index (κ3) is 1.40. The molecule has 88 valence electrons. The highest BCUT2D eigenvalue weighted by molar-refractivity contribution is 9.10. The van der Waals surface area contributed by atoms with Crippen molar-refractivity contribution in [3.05, 3.63) is 34.3 Å². The average molecular weight is 291 g/mol. The lowest BCUT2D eigenvalue weighted by atomic mass is 9.96. The summed E-state index contributed by atoms with van der Waals surface area (Å²) >= 11 is 3.41. The zero-order valence-corrected chi connectivity index (χ0v) is 11.2. The SMILES string of the molecule is O=C(c1ccc(Br)cc1)C1C2C3CCC(C3)C12. The zero-order valence-electron chi connectivity index (χ0n) is 9.60. The van der Waals surface area contributed by atoms with Gasteiger partial charge >= 0.3 is 0 Å². The molecule has 1 aromatic rings. The lowest BCUT2D eigenvalue weighted by Gasteiger charge is -2.07. The maximum atomic E-state index is 12.4. The van der Waals surface area contributed by atoms with Gasteiger partial charge in [-0.3, -0.25) is 4.79 Å². The highest BCUT2D eigenvalue weighted by Crippen LogP contribution is 2.69. The molecule has 3 aliphatic rings. The van der Waals surface area contributed by atoms with E-state index in [1.54, 1.807) is 0 Å². The van der Waals surface area contributed by atoms with E-state index >= 15 is 0 Å². The molecule has 0 N–H and O–H groups in total. The summed E-state index contributed by atoms with van der Waals surface area (Å²) in [5, 5.41) is 0. The van der Waals surface area contributed by atoms with Gasteiger partial charge < -0.3 is 0 Å². The molecular formula is C15H15BrO. The molecule has 2 bridgehead atoms. The molecule has 17 heavy (non-hydrogen) atoms. The molecule has 1 aromatic carbocycles. The Morgan fingerprint density at radius 2 is 1.65 bits per heavy atom. The number of carbonyl (C=O) groups excluding carboxylic acids is 1. The molecule has 0 aliphatic heterocycles. The fourth-order valence-corrected chi connectivity index (χ4v) is 4.75. The second-order valence-electron chi connectivity index (χ2n) is 5.88. The second-order valence-corrected chi connectivity index (χ2v) is 6.80. The van der Waals surface area contributed by atoms with Gasteiger partial charge in [-0.05, 0) is 55.1 Å². The molecule has 3 saturated carbocycles. The van der Waals surface area contributed by atoms with E-state index in [1.165, 1.54) is 19.3 Å². The first-order chi connectivity index (χ1) is 8.25. The smallest absolute Gasteiger partial charge is 0.166 e. The number of Topliss-reactive ketones (excluding diaryl/α,β-unsaturated/α-hetero) is 1. The Labute approximate surface area is 110 Å². The van der Waals surface area contributed by atoms with Crippen molar-refractivity contribution < 1.29 is 4.79 Å². The van der Waals surface area contributed by atoms with Crippen molar-refractivity contribution in [1.29, 1.82) is 0 Å². The van der Waals surface area contributed by atoms with E-state index in [4.69, 9.17) is 0 Å². The topological polar surface area (TPSA) is 17.1 Å². The van der Waals surface area contributed by atoms with Crippen LogP contribution in [0.2, 0.25) is 0 Å². The van der Waals surface area contributed by atoms with E-state index in [9.17, 15) is 4.79 Å². The summed E-state index contributed by atoms with van der Waals surface area (Å²) in [6.07, 6.45) is 4.19. The van der Waals surface area contributed by atoms with Crippen LogP contribution in [0, 0.1) is 29.6 Å². The summed E-state index contributed by atoms with van der Waals surface area (Å²) in [6.45, 7) is 0. The van der Waals surface area contributed by atoms with Crippen LogP contribution in [0.15, 0.2) is 28.7 Å². The highest BCUT2D eigenvalue weighted by atomic mass is 79.9. The van der Waals surface area contributed by atoms with Crippen LogP contribution in [0.3, 0.4) is 0 Å². The second kappa shape index (κ2) is 3.44. The van der Waals surface area contributed by atoms with E-state index in [2.05, 4.69) is 15.9 Å². The normalized spacial score (nSPS) is 41.4. The van der Waals surface area contributed by atoms with Crippen LogP contribution in [-0.4, -0.2) is 5.78 Å². The maximum Gasteiger partial charge on any atom is 0.166 e. The van der Waals surface area contributed by atoms with Crippen molar-refractivity contribution >= 4 is 21.7 Å². The van der Waals surface area contributed by atoms with Gasteiger partial charge in [0.25, 0.3) is 0 Å². The first kappa shape index (κ1) is 10.3. The van der Waals surface area contributed by atoms with Crippen molar-refractivity contribution in [3.8, 4) is 0 Å². The van der Waals surface area contributed by atoms with E-state index in [-0.39, 0.29) is 0 Å². The van der Waals surface area contributed by atoms with Gasteiger partial charge in [-0.15, -0.1) is 0 Å². The molecule has 3 aliphatic carbocycles. The first-order valence-corrected chi connectivity index (χ1v) is 7.35. The Morgan fingerprint density at radius 1 is 1.06 bits per heavy atom. The summed E-state index contributed by atoms with van der Waals surface area (Å²) in [7, 11) is 0. The predicted molar refractivity (Wildman–Crippen MR) is 69.8 cm³/mol. The van der Waals surface area contributed by atoms with Crippen molar-refractivity contribution in [2.24, 2.45) is 29.6 Å². The lowest BCUT2D eigenvalue weighted by molar-refractivity contribution is 0.0944. The molecule has 4 rings (SSSR count). The van der Waals surface area contributed by atoms with Crippen LogP contribution < -0.4 is 0 Å². The third-order valence-corrected chi connectivity index (χ3v) is 5.70. The fourth-order valence-electron chi connectivity index (χ4n) is 4.48. The zero-order chi connectivity index (χ0) is 11.6. The van der Waals surface area contributed by atoms with Gasteiger partial charge in [0.05, 0.1) is 0 Å². The molecule has 4 atom stereocenters. The van der Waals surface area contributed by atoms with Crippen molar-refractivity contribution in [2.75, 3.05) is 0 Å². The summed E-state index contributed by atoms with van der Waals surface area (Å²) in [5.74, 6) is 4.06. The Hall–Kier alpha value is -0.630. The van der Waals surface area contributed by atoms with Gasteiger partial charge in [0.2, 0.25) is 0 Å². The summed E-state index contributed by atoms with van der Waals surface area (Å²) in [4.78, 5) is 12.4. The van der Waals surface area contributed by atoms with Crippen LogP contribution in [0.4, 0.5) is 0 Å². The van der Waals surface area contributed by atoms with Gasteiger partial charge in [-0.1, -0.05) is 28.1 Å². The van der Waals surface area contributed by atoms with Crippen LogP contribution in [-0.2, 0) is 0 Å². The minimum absolute atomic E-state index is 0.377.